The number of hydrogen-bond donors (Lipinski definition) is 0. The van der Waals surface area contributed by atoms with Crippen molar-refractivity contribution in [1.82, 2.24) is 0 Å². The molecule has 0 heterocycles. The molecule has 0 fully saturated rings. The van der Waals surface area contributed by atoms with Crippen LogP contribution in [0.2, 0.25) is 0 Å². The summed E-state index contributed by atoms with van der Waals surface area (Å²) in [5.74, 6) is -0.0719. The van der Waals surface area contributed by atoms with Crippen LogP contribution >= 0.6 is 38.5 Å². The summed E-state index contributed by atoms with van der Waals surface area (Å²) < 4.78 is 0.606. The van der Waals surface area contributed by atoms with Crippen LogP contribution < -0.4 is 0 Å². The molecule has 0 aliphatic heterocycles. The normalized spacial score (nSPS) is 10.1. The fourth-order valence-corrected chi connectivity index (χ4v) is 2.21. The maximum atomic E-state index is 11.4. The van der Waals surface area contributed by atoms with Gasteiger partial charge in [0.05, 0.1) is 10.3 Å². The van der Waals surface area contributed by atoms with E-state index >= 15 is 0 Å². The Kier molecular flexibility index (Phi) is 4.21. The lowest BCUT2D eigenvalue weighted by atomic mass is 10.1. The molecule has 0 saturated heterocycles. The largest absolute Gasteiger partial charge is 0.293 e. The van der Waals surface area contributed by atoms with Crippen LogP contribution in [0, 0.1) is 20.6 Å². The van der Waals surface area contributed by atoms with Crippen molar-refractivity contribution in [2.45, 2.75) is 6.92 Å². The van der Waals surface area contributed by atoms with E-state index in [1.165, 1.54) is 6.07 Å². The van der Waals surface area contributed by atoms with Gasteiger partial charge in [-0.25, -0.2) is 0 Å². The molecule has 0 aliphatic rings. The van der Waals surface area contributed by atoms with Gasteiger partial charge in [0.2, 0.25) is 0 Å². The molecule has 1 rings (SSSR count). The maximum Gasteiger partial charge on any atom is 0.273 e. The maximum absolute atomic E-state index is 11.4. The number of aryl methyl sites for hydroxylation is 1. The van der Waals surface area contributed by atoms with Gasteiger partial charge in [-0.05, 0) is 35.6 Å². The van der Waals surface area contributed by atoms with Gasteiger partial charge in [0.15, 0.2) is 5.78 Å². The van der Waals surface area contributed by atoms with E-state index in [9.17, 15) is 14.9 Å². The van der Waals surface area contributed by atoms with Crippen LogP contribution in [0.1, 0.15) is 15.9 Å². The minimum absolute atomic E-state index is 0.0468. The predicted octanol–water partition coefficient (Wildman–Crippen LogP) is 3.09. The molecule has 1 aromatic carbocycles. The standard InChI is InChI=1S/C9H7BrINO3/c1-5-2-6(9(13)4-10)7(11)3-8(5)12(14)15/h2-3H,4H2,1H3. The predicted molar refractivity (Wildman–Crippen MR) is 68.7 cm³/mol. The number of carbonyl (C=O) groups is 1. The third-order valence-electron chi connectivity index (χ3n) is 1.90. The lowest BCUT2D eigenvalue weighted by Crippen LogP contribution is -2.05. The third-order valence-corrected chi connectivity index (χ3v) is 3.31. The summed E-state index contributed by atoms with van der Waals surface area (Å²) in [6.45, 7) is 1.62. The molecule has 0 amide bonds. The Morgan fingerprint density at radius 2 is 2.20 bits per heavy atom. The first-order valence-corrected chi connectivity index (χ1v) is 6.21. The van der Waals surface area contributed by atoms with Gasteiger partial charge in [-0.1, -0.05) is 15.9 Å². The number of nitro groups is 1. The molecular formula is C9H7BrINO3. The number of hydrogen-bond acceptors (Lipinski definition) is 3. The van der Waals surface area contributed by atoms with E-state index in [1.807, 2.05) is 22.6 Å². The number of Topliss-reactive ketones (excluding diaryl/α,β-unsaturated/α-hetero) is 1. The van der Waals surface area contributed by atoms with Gasteiger partial charge >= 0.3 is 0 Å². The summed E-state index contributed by atoms with van der Waals surface area (Å²) in [5, 5.41) is 10.9. The second kappa shape index (κ2) is 5.02. The Bertz CT molecular complexity index is 434. The molecule has 0 bridgehead atoms. The van der Waals surface area contributed by atoms with E-state index in [2.05, 4.69) is 15.9 Å². The molecule has 15 heavy (non-hydrogen) atoms. The molecule has 0 unspecified atom stereocenters. The van der Waals surface area contributed by atoms with Crippen molar-refractivity contribution in [1.29, 1.82) is 0 Å². The van der Waals surface area contributed by atoms with Crippen LogP contribution in [-0.2, 0) is 0 Å². The smallest absolute Gasteiger partial charge is 0.273 e. The number of carbonyl (C=O) groups excluding carboxylic acids is 1. The Morgan fingerprint density at radius 3 is 2.67 bits per heavy atom. The molecule has 6 heteroatoms. The highest BCUT2D eigenvalue weighted by Gasteiger charge is 2.17. The minimum atomic E-state index is -0.445. The van der Waals surface area contributed by atoms with Gasteiger partial charge in [-0.3, -0.25) is 14.9 Å². The number of rotatable bonds is 3. The van der Waals surface area contributed by atoms with Crippen molar-refractivity contribution in [2.75, 3.05) is 5.33 Å². The number of nitrogens with zero attached hydrogens (tertiary/aromatic N) is 1. The first-order valence-electron chi connectivity index (χ1n) is 4.01. The highest BCUT2D eigenvalue weighted by molar-refractivity contribution is 14.1. The molecular weight excluding hydrogens is 377 g/mol. The number of nitro benzene ring substituents is 1. The summed E-state index contributed by atoms with van der Waals surface area (Å²) in [5.41, 5.74) is 1.07. The zero-order valence-electron chi connectivity index (χ0n) is 7.79. The lowest BCUT2D eigenvalue weighted by Gasteiger charge is -2.03. The fraction of sp³-hybridized carbons (Fsp3) is 0.222. The molecule has 0 spiro atoms. The summed E-state index contributed by atoms with van der Waals surface area (Å²) in [7, 11) is 0. The Hall–Kier alpha value is -0.500. The Morgan fingerprint density at radius 1 is 1.60 bits per heavy atom. The summed E-state index contributed by atoms with van der Waals surface area (Å²) in [4.78, 5) is 21.6. The first kappa shape index (κ1) is 12.6. The van der Waals surface area contributed by atoms with Gasteiger partial charge < -0.3 is 0 Å². The van der Waals surface area contributed by atoms with Crippen LogP contribution in [0.3, 0.4) is 0 Å². The Balaban J connectivity index is 3.31. The van der Waals surface area contributed by atoms with Crippen LogP contribution in [0.15, 0.2) is 12.1 Å². The van der Waals surface area contributed by atoms with Crippen molar-refractivity contribution in [3.63, 3.8) is 0 Å². The number of alkyl halides is 1. The quantitative estimate of drug-likeness (QED) is 0.265. The van der Waals surface area contributed by atoms with Crippen molar-refractivity contribution in [2.24, 2.45) is 0 Å². The second-order valence-corrected chi connectivity index (χ2v) is 4.66. The van der Waals surface area contributed by atoms with Crippen molar-refractivity contribution < 1.29 is 9.72 Å². The molecule has 0 aliphatic carbocycles. The molecule has 0 radical (unpaired) electrons. The van der Waals surface area contributed by atoms with Crippen LogP contribution in [-0.4, -0.2) is 16.0 Å². The molecule has 0 saturated carbocycles. The molecule has 80 valence electrons. The molecule has 0 aromatic heterocycles. The first-order chi connectivity index (χ1) is 6.97. The highest BCUT2D eigenvalue weighted by Crippen LogP contribution is 2.24. The topological polar surface area (TPSA) is 60.2 Å². The van der Waals surface area contributed by atoms with Crippen LogP contribution in [0.5, 0.6) is 0 Å². The molecule has 0 atom stereocenters. The van der Waals surface area contributed by atoms with Crippen molar-refractivity contribution in [3.05, 3.63) is 36.9 Å². The molecule has 4 nitrogen and oxygen atoms in total. The van der Waals surface area contributed by atoms with E-state index in [1.54, 1.807) is 13.0 Å². The zero-order chi connectivity index (χ0) is 11.6. The molecule has 0 N–H and O–H groups in total. The van der Waals surface area contributed by atoms with E-state index in [4.69, 9.17) is 0 Å². The van der Waals surface area contributed by atoms with Gasteiger partial charge in [-0.15, -0.1) is 0 Å². The van der Waals surface area contributed by atoms with Crippen molar-refractivity contribution in [3.8, 4) is 0 Å². The van der Waals surface area contributed by atoms with Gasteiger partial charge in [0, 0.05) is 20.8 Å². The third kappa shape index (κ3) is 2.75. The monoisotopic (exact) mass is 383 g/mol. The summed E-state index contributed by atoms with van der Waals surface area (Å²) >= 11 is 5.00. The summed E-state index contributed by atoms with van der Waals surface area (Å²) in [6, 6.07) is 2.98. The van der Waals surface area contributed by atoms with Gasteiger partial charge in [-0.2, -0.15) is 0 Å². The zero-order valence-corrected chi connectivity index (χ0v) is 11.5. The minimum Gasteiger partial charge on any atom is -0.293 e. The number of benzene rings is 1. The number of halogens is 2. The Labute approximate surface area is 108 Å². The average molecular weight is 384 g/mol. The molecule has 1 aromatic rings. The average Bonchev–Trinajstić information content (AvgIpc) is 2.19. The fourth-order valence-electron chi connectivity index (χ4n) is 1.15. The van der Waals surface area contributed by atoms with E-state index in [-0.39, 0.29) is 16.8 Å². The summed E-state index contributed by atoms with van der Waals surface area (Å²) in [6.07, 6.45) is 0. The van der Waals surface area contributed by atoms with Gasteiger partial charge in [0.1, 0.15) is 0 Å². The van der Waals surface area contributed by atoms with E-state index < -0.39 is 4.92 Å². The van der Waals surface area contributed by atoms with Crippen molar-refractivity contribution >= 4 is 50.0 Å². The number of ketones is 1. The lowest BCUT2D eigenvalue weighted by molar-refractivity contribution is -0.385. The van der Waals surface area contributed by atoms with E-state index in [0.29, 0.717) is 14.7 Å². The second-order valence-electron chi connectivity index (χ2n) is 2.93. The highest BCUT2D eigenvalue weighted by atomic mass is 127. The van der Waals surface area contributed by atoms with Gasteiger partial charge in [0.25, 0.3) is 5.69 Å². The van der Waals surface area contributed by atoms with Crippen LogP contribution in [0.25, 0.3) is 0 Å². The van der Waals surface area contributed by atoms with Crippen LogP contribution in [0.4, 0.5) is 5.69 Å². The SMILES string of the molecule is Cc1cc(C(=O)CBr)c(I)cc1[N+](=O)[O-]. The van der Waals surface area contributed by atoms with E-state index in [0.717, 1.165) is 0 Å².